The Morgan fingerprint density at radius 3 is 2.20 bits per heavy atom. The summed E-state index contributed by atoms with van der Waals surface area (Å²) in [6.45, 7) is 6.67. The first-order chi connectivity index (χ1) is 16.6. The zero-order valence-electron chi connectivity index (χ0n) is 20.5. The summed E-state index contributed by atoms with van der Waals surface area (Å²) < 4.78 is 5.56. The highest BCUT2D eigenvalue weighted by Crippen LogP contribution is 2.44. The molecule has 0 radical (unpaired) electrons. The van der Waals surface area contributed by atoms with Crippen molar-refractivity contribution in [1.82, 2.24) is 10.6 Å². The topological polar surface area (TPSA) is 105 Å². The average Bonchev–Trinajstić information content (AvgIpc) is 3.50. The van der Waals surface area contributed by atoms with E-state index in [0.717, 1.165) is 11.1 Å². The molecular weight excluding hydrogens is 444 g/mol. The largest absolute Gasteiger partial charge is 0.481 e. The highest BCUT2D eigenvalue weighted by molar-refractivity contribution is 5.83. The molecule has 0 bridgehead atoms. The van der Waals surface area contributed by atoms with Gasteiger partial charge in [0, 0.05) is 24.4 Å². The van der Waals surface area contributed by atoms with Gasteiger partial charge in [0.15, 0.2) is 0 Å². The van der Waals surface area contributed by atoms with Gasteiger partial charge in [-0.25, -0.2) is 4.79 Å². The number of amides is 2. The van der Waals surface area contributed by atoms with E-state index in [1.165, 1.54) is 11.1 Å². The molecule has 3 unspecified atom stereocenters. The zero-order valence-corrected chi connectivity index (χ0v) is 20.5. The third-order valence-corrected chi connectivity index (χ3v) is 6.74. The normalized spacial score (nSPS) is 19.3. The van der Waals surface area contributed by atoms with E-state index in [1.54, 1.807) is 0 Å². The monoisotopic (exact) mass is 478 g/mol. The Kier molecular flexibility index (Phi) is 7.15. The lowest BCUT2D eigenvalue weighted by Crippen LogP contribution is -2.40. The lowest BCUT2D eigenvalue weighted by molar-refractivity contribution is -0.138. The summed E-state index contributed by atoms with van der Waals surface area (Å²) in [5.74, 6) is -1.24. The van der Waals surface area contributed by atoms with E-state index in [-0.39, 0.29) is 42.1 Å². The maximum Gasteiger partial charge on any atom is 0.407 e. The van der Waals surface area contributed by atoms with Crippen LogP contribution >= 0.6 is 0 Å². The van der Waals surface area contributed by atoms with Crippen molar-refractivity contribution in [2.75, 3.05) is 13.2 Å². The summed E-state index contributed by atoms with van der Waals surface area (Å²) in [4.78, 5) is 36.2. The predicted molar refractivity (Wildman–Crippen MR) is 133 cm³/mol. The number of benzene rings is 2. The van der Waals surface area contributed by atoms with Gasteiger partial charge < -0.3 is 20.5 Å². The molecule has 0 aliphatic heterocycles. The van der Waals surface area contributed by atoms with Crippen molar-refractivity contribution in [3.05, 3.63) is 59.7 Å². The van der Waals surface area contributed by atoms with Gasteiger partial charge in [0.25, 0.3) is 0 Å². The van der Waals surface area contributed by atoms with Crippen LogP contribution in [-0.4, -0.2) is 42.3 Å². The van der Waals surface area contributed by atoms with Crippen molar-refractivity contribution < 1.29 is 24.2 Å². The number of carbonyl (C=O) groups is 3. The maximum atomic E-state index is 12.6. The molecule has 2 amide bonds. The number of carbonyl (C=O) groups excluding carboxylic acids is 2. The fraction of sp³-hybridized carbons (Fsp3) is 0.464. The van der Waals surface area contributed by atoms with Crippen LogP contribution in [-0.2, 0) is 14.3 Å². The highest BCUT2D eigenvalue weighted by atomic mass is 16.5. The van der Waals surface area contributed by atoms with Gasteiger partial charge in [0.05, 0.1) is 6.42 Å². The molecule has 2 aliphatic rings. The SMILES string of the molecule is CC(C)(C)CC(CC(=O)O)NC(=O)C1CC1CNC(=O)OCC1c2ccccc2-c2ccccc21. The zero-order chi connectivity index (χ0) is 25.2. The Hall–Kier alpha value is -3.35. The molecule has 186 valence electrons. The molecule has 1 fully saturated rings. The molecular formula is C28H34N2O5. The minimum Gasteiger partial charge on any atom is -0.481 e. The number of ether oxygens (including phenoxy) is 1. The van der Waals surface area contributed by atoms with Crippen molar-refractivity contribution in [1.29, 1.82) is 0 Å². The predicted octanol–water partition coefficient (Wildman–Crippen LogP) is 4.56. The summed E-state index contributed by atoms with van der Waals surface area (Å²) >= 11 is 0. The molecule has 2 aliphatic carbocycles. The molecule has 0 saturated heterocycles. The highest BCUT2D eigenvalue weighted by Gasteiger charge is 2.43. The molecule has 35 heavy (non-hydrogen) atoms. The molecule has 0 heterocycles. The van der Waals surface area contributed by atoms with E-state index < -0.39 is 18.1 Å². The molecule has 7 heteroatoms. The van der Waals surface area contributed by atoms with Gasteiger partial charge >= 0.3 is 12.1 Å². The van der Waals surface area contributed by atoms with E-state index in [2.05, 4.69) is 34.9 Å². The van der Waals surface area contributed by atoms with Crippen LogP contribution in [0.1, 0.15) is 57.1 Å². The van der Waals surface area contributed by atoms with Crippen molar-refractivity contribution in [2.24, 2.45) is 17.3 Å². The summed E-state index contributed by atoms with van der Waals surface area (Å²) in [6, 6.07) is 16.0. The fourth-order valence-corrected chi connectivity index (χ4v) is 5.09. The Labute approximate surface area is 206 Å². The number of rotatable bonds is 9. The van der Waals surface area contributed by atoms with E-state index in [9.17, 15) is 19.5 Å². The first-order valence-electron chi connectivity index (χ1n) is 12.2. The second-order valence-electron chi connectivity index (χ2n) is 10.9. The van der Waals surface area contributed by atoms with E-state index >= 15 is 0 Å². The van der Waals surface area contributed by atoms with E-state index in [4.69, 9.17) is 4.74 Å². The van der Waals surface area contributed by atoms with Gasteiger partial charge in [-0.2, -0.15) is 0 Å². The second-order valence-corrected chi connectivity index (χ2v) is 10.9. The van der Waals surface area contributed by atoms with E-state index in [0.29, 0.717) is 19.4 Å². The number of alkyl carbamates (subject to hydrolysis) is 1. The van der Waals surface area contributed by atoms with Crippen LogP contribution in [0.25, 0.3) is 11.1 Å². The molecule has 7 nitrogen and oxygen atoms in total. The number of aliphatic carboxylic acids is 1. The van der Waals surface area contributed by atoms with Crippen LogP contribution in [0.4, 0.5) is 4.79 Å². The minimum absolute atomic E-state index is 0.00147. The summed E-state index contributed by atoms with van der Waals surface area (Å²) in [6.07, 6.45) is 0.665. The van der Waals surface area contributed by atoms with Crippen LogP contribution < -0.4 is 10.6 Å². The third-order valence-electron chi connectivity index (χ3n) is 6.74. The minimum atomic E-state index is -0.927. The number of nitrogens with one attached hydrogen (secondary N) is 2. The second kappa shape index (κ2) is 10.1. The van der Waals surface area contributed by atoms with Crippen LogP contribution in [0.5, 0.6) is 0 Å². The summed E-state index contributed by atoms with van der Waals surface area (Å²) in [5, 5.41) is 14.9. The third kappa shape index (κ3) is 6.21. The number of carboxylic acids is 1. The molecule has 1 saturated carbocycles. The maximum absolute atomic E-state index is 12.6. The molecule has 4 rings (SSSR count). The standard InChI is InChI=1S/C28H34N2O5/c1-28(2,3)14-18(13-25(31)32)30-26(33)23-12-17(23)15-29-27(34)35-16-24-21-10-6-4-8-19(21)20-9-5-7-11-22(20)24/h4-11,17-18,23-24H,12-16H2,1-3H3,(H,29,34)(H,30,33)(H,31,32). The van der Waals surface area contributed by atoms with Gasteiger partial charge in [-0.05, 0) is 46.4 Å². The number of hydrogen-bond donors (Lipinski definition) is 3. The smallest absolute Gasteiger partial charge is 0.407 e. The van der Waals surface area contributed by atoms with Crippen molar-refractivity contribution >= 4 is 18.0 Å². The van der Waals surface area contributed by atoms with Crippen LogP contribution in [0.2, 0.25) is 0 Å². The molecule has 3 atom stereocenters. The van der Waals surface area contributed by atoms with Crippen molar-refractivity contribution in [3.8, 4) is 11.1 Å². The number of fused-ring (bicyclic) bond motifs is 3. The first kappa shape index (κ1) is 24.8. The Bertz CT molecular complexity index is 1060. The lowest BCUT2D eigenvalue weighted by atomic mass is 9.87. The molecule has 3 N–H and O–H groups in total. The van der Waals surface area contributed by atoms with Gasteiger partial charge in [-0.3, -0.25) is 9.59 Å². The number of hydrogen-bond acceptors (Lipinski definition) is 4. The van der Waals surface area contributed by atoms with Crippen LogP contribution in [0, 0.1) is 17.3 Å². The molecule has 0 aromatic heterocycles. The molecule has 0 spiro atoms. The summed E-state index contributed by atoms with van der Waals surface area (Å²) in [7, 11) is 0. The lowest BCUT2D eigenvalue weighted by Gasteiger charge is -2.26. The average molecular weight is 479 g/mol. The first-order valence-corrected chi connectivity index (χ1v) is 12.2. The summed E-state index contributed by atoms with van der Waals surface area (Å²) in [5.41, 5.74) is 4.58. The fourth-order valence-electron chi connectivity index (χ4n) is 5.09. The van der Waals surface area contributed by atoms with Crippen LogP contribution in [0.15, 0.2) is 48.5 Å². The Balaban J connectivity index is 1.24. The van der Waals surface area contributed by atoms with Gasteiger partial charge in [0.2, 0.25) is 5.91 Å². The molecule has 2 aromatic carbocycles. The quantitative estimate of drug-likeness (QED) is 0.490. The molecule has 2 aromatic rings. The van der Waals surface area contributed by atoms with Gasteiger partial charge in [-0.15, -0.1) is 0 Å². The Morgan fingerprint density at radius 1 is 1.03 bits per heavy atom. The Morgan fingerprint density at radius 2 is 1.63 bits per heavy atom. The van der Waals surface area contributed by atoms with E-state index in [1.807, 2.05) is 45.0 Å². The van der Waals surface area contributed by atoms with Crippen molar-refractivity contribution in [3.63, 3.8) is 0 Å². The van der Waals surface area contributed by atoms with Gasteiger partial charge in [0.1, 0.15) is 6.61 Å². The number of carboxylic acid groups (broad SMARTS) is 1. The van der Waals surface area contributed by atoms with Crippen molar-refractivity contribution in [2.45, 2.75) is 52.0 Å². The van der Waals surface area contributed by atoms with Gasteiger partial charge in [-0.1, -0.05) is 69.3 Å². The van der Waals surface area contributed by atoms with Crippen LogP contribution in [0.3, 0.4) is 0 Å².